The Hall–Kier alpha value is -4.46. The minimum atomic E-state index is -1.03. The van der Waals surface area contributed by atoms with E-state index in [0.29, 0.717) is 45.9 Å². The van der Waals surface area contributed by atoms with E-state index in [0.717, 1.165) is 11.1 Å². The van der Waals surface area contributed by atoms with Crippen LogP contribution in [-0.2, 0) is 11.2 Å². The van der Waals surface area contributed by atoms with Crippen LogP contribution in [0, 0.1) is 6.92 Å². The maximum absolute atomic E-state index is 13.1. The third-order valence-electron chi connectivity index (χ3n) is 6.24. The molecule has 1 unspecified atom stereocenters. The molecule has 2 N–H and O–H groups in total. The van der Waals surface area contributed by atoms with Crippen molar-refractivity contribution in [1.29, 1.82) is 0 Å². The number of amides is 1. The number of carboxylic acids is 1. The molecule has 0 radical (unpaired) electrons. The molecule has 1 atom stereocenters. The third kappa shape index (κ3) is 3.93. The van der Waals surface area contributed by atoms with Crippen molar-refractivity contribution in [2.75, 3.05) is 17.3 Å². The summed E-state index contributed by atoms with van der Waals surface area (Å²) in [7, 11) is 1.67. The first-order valence-corrected chi connectivity index (χ1v) is 11.2. The predicted octanol–water partition coefficient (Wildman–Crippen LogP) is 4.55. The minimum Gasteiger partial charge on any atom is -0.478 e. The highest BCUT2D eigenvalue weighted by Gasteiger charge is 2.26. The van der Waals surface area contributed by atoms with Crippen LogP contribution in [0.2, 0.25) is 0 Å². The summed E-state index contributed by atoms with van der Waals surface area (Å²) in [6.07, 6.45) is 0.297. The molecule has 0 saturated heterocycles. The number of likely N-dealkylation sites (N-methyl/N-ethyl adjacent to an activating group) is 1. The molecular formula is C27H23N3O5. The zero-order valence-corrected chi connectivity index (χ0v) is 19.5. The van der Waals surface area contributed by atoms with Crippen molar-refractivity contribution >= 4 is 34.4 Å². The van der Waals surface area contributed by atoms with Gasteiger partial charge in [-0.15, -0.1) is 0 Å². The summed E-state index contributed by atoms with van der Waals surface area (Å²) in [6.45, 7) is 3.77. The van der Waals surface area contributed by atoms with Gasteiger partial charge in [-0.2, -0.15) is 0 Å². The largest absolute Gasteiger partial charge is 0.478 e. The Morgan fingerprint density at radius 2 is 1.91 bits per heavy atom. The Balaban J connectivity index is 1.62. The molecule has 2 aromatic heterocycles. The average Bonchev–Trinajstić information content (AvgIpc) is 3.12. The Labute approximate surface area is 200 Å². The lowest BCUT2D eigenvalue weighted by atomic mass is 10.0. The topological polar surface area (TPSA) is 113 Å². The fraction of sp³-hybridized carbons (Fsp3) is 0.185. The molecular weight excluding hydrogens is 446 g/mol. The number of aromatic nitrogens is 1. The first-order chi connectivity index (χ1) is 16.7. The maximum atomic E-state index is 13.1. The fourth-order valence-corrected chi connectivity index (χ4v) is 4.43. The van der Waals surface area contributed by atoms with Crippen molar-refractivity contribution in [2.24, 2.45) is 0 Å². The van der Waals surface area contributed by atoms with Crippen molar-refractivity contribution in [3.63, 3.8) is 0 Å². The average molecular weight is 469 g/mol. The highest BCUT2D eigenvalue weighted by molar-refractivity contribution is 6.00. The van der Waals surface area contributed by atoms with E-state index in [1.807, 2.05) is 26.0 Å². The molecule has 1 aliphatic rings. The Morgan fingerprint density at radius 1 is 1.14 bits per heavy atom. The molecule has 8 heteroatoms. The molecule has 0 spiro atoms. The van der Waals surface area contributed by atoms with Crippen molar-refractivity contribution in [3.05, 3.63) is 87.1 Å². The number of aryl methyl sites for hydroxylation is 1. The summed E-state index contributed by atoms with van der Waals surface area (Å²) in [6, 6.07) is 15.0. The molecule has 1 amide bonds. The van der Waals surface area contributed by atoms with Crippen molar-refractivity contribution in [1.82, 2.24) is 4.98 Å². The van der Waals surface area contributed by atoms with Crippen LogP contribution >= 0.6 is 0 Å². The second kappa shape index (κ2) is 8.39. The summed E-state index contributed by atoms with van der Waals surface area (Å²) >= 11 is 0. The number of rotatable bonds is 5. The van der Waals surface area contributed by atoms with Crippen molar-refractivity contribution in [3.8, 4) is 11.5 Å². The number of para-hydroxylation sites is 1. The molecule has 3 heterocycles. The number of nitrogens with one attached hydrogen (secondary N) is 1. The Morgan fingerprint density at radius 3 is 2.69 bits per heavy atom. The molecule has 0 bridgehead atoms. The first-order valence-electron chi connectivity index (χ1n) is 11.2. The normalized spacial score (nSPS) is 13.7. The van der Waals surface area contributed by atoms with Crippen LogP contribution in [0.1, 0.15) is 40.0 Å². The number of anilines is 2. The van der Waals surface area contributed by atoms with Crippen LogP contribution in [0.15, 0.2) is 63.8 Å². The monoisotopic (exact) mass is 469 g/mol. The molecule has 4 aromatic rings. The van der Waals surface area contributed by atoms with E-state index in [1.54, 1.807) is 37.4 Å². The smallest absolute Gasteiger partial charge is 0.337 e. The number of carboxylic acid groups (broad SMARTS) is 1. The van der Waals surface area contributed by atoms with Gasteiger partial charge in [-0.3, -0.25) is 14.5 Å². The van der Waals surface area contributed by atoms with Gasteiger partial charge >= 0.3 is 5.97 Å². The zero-order valence-electron chi connectivity index (χ0n) is 19.5. The van der Waals surface area contributed by atoms with Gasteiger partial charge in [0.1, 0.15) is 17.1 Å². The quantitative estimate of drug-likeness (QED) is 0.441. The van der Waals surface area contributed by atoms with E-state index >= 15 is 0 Å². The Bertz CT molecular complexity index is 1570. The molecule has 0 fully saturated rings. The number of hydrogen-bond donors (Lipinski definition) is 2. The summed E-state index contributed by atoms with van der Waals surface area (Å²) in [5.41, 5.74) is 3.68. The standard InChI is InChI=1S/C27H23N3O5/c1-14-10-18(15(2)28-20-7-5-4-6-17(20)27(33)34)25-19(11-14)22(31)13-23(35-25)21-9-8-16-12-24(32)30(3)26(16)29-21/h4-11,13,15,28H,12H2,1-3H3,(H,33,34). The van der Waals surface area contributed by atoms with Gasteiger partial charge in [-0.1, -0.05) is 24.3 Å². The number of benzene rings is 2. The molecule has 5 rings (SSSR count). The second-order valence-electron chi connectivity index (χ2n) is 8.73. The first kappa shape index (κ1) is 22.3. The number of nitrogens with zero attached hydrogens (tertiary/aromatic N) is 2. The number of carbonyl (C=O) groups is 2. The van der Waals surface area contributed by atoms with E-state index < -0.39 is 5.97 Å². The van der Waals surface area contributed by atoms with Gasteiger partial charge in [0.05, 0.1) is 23.4 Å². The highest BCUT2D eigenvalue weighted by Crippen LogP contribution is 2.33. The Kier molecular flexibility index (Phi) is 5.36. The minimum absolute atomic E-state index is 0.0380. The summed E-state index contributed by atoms with van der Waals surface area (Å²) in [4.78, 5) is 42.9. The lowest BCUT2D eigenvalue weighted by Crippen LogP contribution is -2.21. The van der Waals surface area contributed by atoms with Crippen LogP contribution in [0.25, 0.3) is 22.4 Å². The van der Waals surface area contributed by atoms with Crippen molar-refractivity contribution < 1.29 is 19.1 Å². The van der Waals surface area contributed by atoms with Crippen LogP contribution in [-0.4, -0.2) is 29.0 Å². The van der Waals surface area contributed by atoms with Crippen LogP contribution < -0.4 is 15.6 Å². The van der Waals surface area contributed by atoms with Gasteiger partial charge in [-0.05, 0) is 43.7 Å². The zero-order chi connectivity index (χ0) is 24.9. The second-order valence-corrected chi connectivity index (χ2v) is 8.73. The van der Waals surface area contributed by atoms with Gasteiger partial charge in [0.15, 0.2) is 11.2 Å². The number of aromatic carboxylic acids is 1. The van der Waals surface area contributed by atoms with Crippen LogP contribution in [0.5, 0.6) is 0 Å². The van der Waals surface area contributed by atoms with E-state index in [2.05, 4.69) is 10.3 Å². The fourth-order valence-electron chi connectivity index (χ4n) is 4.43. The number of pyridine rings is 1. The molecule has 8 nitrogen and oxygen atoms in total. The molecule has 35 heavy (non-hydrogen) atoms. The van der Waals surface area contributed by atoms with Gasteiger partial charge in [0, 0.05) is 29.9 Å². The van der Waals surface area contributed by atoms with Gasteiger partial charge < -0.3 is 14.8 Å². The van der Waals surface area contributed by atoms with Crippen LogP contribution in [0.3, 0.4) is 0 Å². The van der Waals surface area contributed by atoms with E-state index in [-0.39, 0.29) is 22.9 Å². The number of hydrogen-bond acceptors (Lipinski definition) is 6. The highest BCUT2D eigenvalue weighted by atomic mass is 16.4. The molecule has 0 saturated carbocycles. The molecule has 176 valence electrons. The summed E-state index contributed by atoms with van der Waals surface area (Å²) in [5.74, 6) is -0.223. The van der Waals surface area contributed by atoms with Crippen molar-refractivity contribution in [2.45, 2.75) is 26.3 Å². The van der Waals surface area contributed by atoms with Gasteiger partial charge in [0.2, 0.25) is 5.91 Å². The lowest BCUT2D eigenvalue weighted by Gasteiger charge is -2.19. The van der Waals surface area contributed by atoms with E-state index in [1.165, 1.54) is 17.0 Å². The lowest BCUT2D eigenvalue weighted by molar-refractivity contribution is -0.117. The number of fused-ring (bicyclic) bond motifs is 2. The predicted molar refractivity (Wildman–Crippen MR) is 133 cm³/mol. The maximum Gasteiger partial charge on any atom is 0.337 e. The van der Waals surface area contributed by atoms with E-state index in [9.17, 15) is 19.5 Å². The summed E-state index contributed by atoms with van der Waals surface area (Å²) < 4.78 is 6.25. The van der Waals surface area contributed by atoms with E-state index in [4.69, 9.17) is 4.42 Å². The van der Waals surface area contributed by atoms with Gasteiger partial charge in [0.25, 0.3) is 0 Å². The van der Waals surface area contributed by atoms with Gasteiger partial charge in [-0.25, -0.2) is 9.78 Å². The summed E-state index contributed by atoms with van der Waals surface area (Å²) in [5, 5.41) is 13.2. The molecule has 1 aliphatic heterocycles. The SMILES string of the molecule is Cc1cc(C(C)Nc2ccccc2C(=O)O)c2oc(-c3ccc4c(n3)N(C)C(=O)C4)cc(=O)c2c1. The molecule has 2 aromatic carbocycles. The molecule has 0 aliphatic carbocycles. The third-order valence-corrected chi connectivity index (χ3v) is 6.24. The van der Waals surface area contributed by atoms with Crippen LogP contribution in [0.4, 0.5) is 11.5 Å². The number of carbonyl (C=O) groups excluding carboxylic acids is 1.